The number of nitrogens with one attached hydrogen (secondary N) is 1. The minimum atomic E-state index is -0.553. The highest BCUT2D eigenvalue weighted by Crippen LogP contribution is 2.22. The van der Waals surface area contributed by atoms with Crippen molar-refractivity contribution in [1.29, 1.82) is 0 Å². The van der Waals surface area contributed by atoms with E-state index in [1.54, 1.807) is 32.0 Å². The summed E-state index contributed by atoms with van der Waals surface area (Å²) in [6.45, 7) is 3.82. The molecule has 1 atom stereocenters. The summed E-state index contributed by atoms with van der Waals surface area (Å²) in [4.78, 5) is 11.8. The quantitative estimate of drug-likeness (QED) is 0.778. The van der Waals surface area contributed by atoms with Crippen LogP contribution in [-0.2, 0) is 9.53 Å². The summed E-state index contributed by atoms with van der Waals surface area (Å²) in [6, 6.07) is 4.74. The van der Waals surface area contributed by atoms with Gasteiger partial charge in [-0.1, -0.05) is 12.1 Å². The molecule has 0 amide bonds. The zero-order valence-electron chi connectivity index (χ0n) is 11.8. The van der Waals surface area contributed by atoms with Crippen molar-refractivity contribution in [2.75, 3.05) is 13.2 Å². The third-order valence-corrected chi connectivity index (χ3v) is 3.15. The number of hydrogen-bond donors (Lipinski definition) is 1. The van der Waals surface area contributed by atoms with Crippen LogP contribution in [0.5, 0.6) is 5.75 Å². The Hall–Kier alpha value is -1.62. The normalized spacial score (nSPS) is 15.8. The SMILES string of the molecule is CCOC(=O)C(COc1cccc(C)c1F)NC1CC1. The summed E-state index contributed by atoms with van der Waals surface area (Å²) < 4.78 is 24.3. The van der Waals surface area contributed by atoms with Crippen molar-refractivity contribution in [2.45, 2.75) is 38.8 Å². The van der Waals surface area contributed by atoms with Crippen molar-refractivity contribution in [3.63, 3.8) is 0 Å². The predicted molar refractivity (Wildman–Crippen MR) is 73.2 cm³/mol. The minimum absolute atomic E-state index is 0.0652. The van der Waals surface area contributed by atoms with Crippen molar-refractivity contribution in [3.05, 3.63) is 29.6 Å². The molecule has 4 nitrogen and oxygen atoms in total. The van der Waals surface area contributed by atoms with Crippen molar-refractivity contribution in [2.24, 2.45) is 0 Å². The van der Waals surface area contributed by atoms with Crippen molar-refractivity contribution < 1.29 is 18.7 Å². The molecule has 20 heavy (non-hydrogen) atoms. The van der Waals surface area contributed by atoms with Gasteiger partial charge < -0.3 is 9.47 Å². The second kappa shape index (κ2) is 6.70. The molecule has 1 aliphatic carbocycles. The minimum Gasteiger partial charge on any atom is -0.488 e. The van der Waals surface area contributed by atoms with Crippen LogP contribution >= 0.6 is 0 Å². The Labute approximate surface area is 118 Å². The fourth-order valence-electron chi connectivity index (χ4n) is 1.87. The molecular formula is C15H20FNO3. The zero-order chi connectivity index (χ0) is 14.5. The van der Waals surface area contributed by atoms with Crippen LogP contribution in [0.2, 0.25) is 0 Å². The molecule has 1 aromatic carbocycles. The van der Waals surface area contributed by atoms with Crippen LogP contribution < -0.4 is 10.1 Å². The van der Waals surface area contributed by atoms with Crippen LogP contribution in [0.25, 0.3) is 0 Å². The van der Waals surface area contributed by atoms with E-state index in [1.165, 1.54) is 0 Å². The molecule has 0 radical (unpaired) electrons. The number of ether oxygens (including phenoxy) is 2. The van der Waals surface area contributed by atoms with Gasteiger partial charge in [-0.15, -0.1) is 0 Å². The van der Waals surface area contributed by atoms with E-state index in [0.29, 0.717) is 18.2 Å². The van der Waals surface area contributed by atoms with Crippen LogP contribution in [0.15, 0.2) is 18.2 Å². The Bertz CT molecular complexity index is 474. The molecule has 5 heteroatoms. The predicted octanol–water partition coefficient (Wildman–Crippen LogP) is 2.20. The fourth-order valence-corrected chi connectivity index (χ4v) is 1.87. The Kier molecular flexibility index (Phi) is 4.95. The largest absolute Gasteiger partial charge is 0.488 e. The molecule has 0 aromatic heterocycles. The van der Waals surface area contributed by atoms with Crippen molar-refractivity contribution >= 4 is 5.97 Å². The first kappa shape index (κ1) is 14.8. The maximum absolute atomic E-state index is 13.8. The number of esters is 1. The maximum atomic E-state index is 13.8. The lowest BCUT2D eigenvalue weighted by molar-refractivity contribution is -0.146. The highest BCUT2D eigenvalue weighted by molar-refractivity contribution is 5.76. The lowest BCUT2D eigenvalue weighted by Gasteiger charge is -2.18. The number of carbonyl (C=O) groups is 1. The van der Waals surface area contributed by atoms with Crippen LogP contribution in [0.3, 0.4) is 0 Å². The highest BCUT2D eigenvalue weighted by atomic mass is 19.1. The first-order valence-electron chi connectivity index (χ1n) is 6.92. The molecule has 1 aromatic rings. The molecular weight excluding hydrogens is 261 g/mol. The molecule has 1 N–H and O–H groups in total. The van der Waals surface area contributed by atoms with Crippen molar-refractivity contribution in [1.82, 2.24) is 5.32 Å². The average Bonchev–Trinajstić information content (AvgIpc) is 3.23. The summed E-state index contributed by atoms with van der Waals surface area (Å²) in [5.74, 6) is -0.578. The van der Waals surface area contributed by atoms with Gasteiger partial charge in [-0.25, -0.2) is 4.39 Å². The smallest absolute Gasteiger partial charge is 0.326 e. The lowest BCUT2D eigenvalue weighted by Crippen LogP contribution is -2.43. The molecule has 1 saturated carbocycles. The van der Waals surface area contributed by atoms with E-state index >= 15 is 0 Å². The third kappa shape index (κ3) is 3.93. The van der Waals surface area contributed by atoms with E-state index in [2.05, 4.69) is 5.32 Å². The van der Waals surface area contributed by atoms with Gasteiger partial charge >= 0.3 is 5.97 Å². The third-order valence-electron chi connectivity index (χ3n) is 3.15. The van der Waals surface area contributed by atoms with Crippen LogP contribution in [0.4, 0.5) is 4.39 Å². The van der Waals surface area contributed by atoms with E-state index in [4.69, 9.17) is 9.47 Å². The van der Waals surface area contributed by atoms with E-state index in [-0.39, 0.29) is 24.1 Å². The Morgan fingerprint density at radius 3 is 2.90 bits per heavy atom. The lowest BCUT2D eigenvalue weighted by atomic mass is 10.2. The van der Waals surface area contributed by atoms with Crippen LogP contribution in [0, 0.1) is 12.7 Å². The maximum Gasteiger partial charge on any atom is 0.326 e. The first-order valence-corrected chi connectivity index (χ1v) is 6.92. The Morgan fingerprint density at radius 2 is 2.25 bits per heavy atom. The van der Waals surface area contributed by atoms with Crippen LogP contribution in [-0.4, -0.2) is 31.3 Å². The number of carbonyl (C=O) groups excluding carboxylic acids is 1. The van der Waals surface area contributed by atoms with Gasteiger partial charge in [0.15, 0.2) is 11.6 Å². The molecule has 0 heterocycles. The summed E-state index contributed by atoms with van der Waals surface area (Å²) >= 11 is 0. The summed E-state index contributed by atoms with van der Waals surface area (Å²) in [5, 5.41) is 3.16. The van der Waals surface area contributed by atoms with Gasteiger partial charge in [0.25, 0.3) is 0 Å². The standard InChI is InChI=1S/C15H20FNO3/c1-3-19-15(18)12(17-11-7-8-11)9-20-13-6-4-5-10(2)14(13)16/h4-6,11-12,17H,3,7-9H2,1-2H3. The molecule has 1 unspecified atom stereocenters. The first-order chi connectivity index (χ1) is 9.61. The van der Waals surface area contributed by atoms with Gasteiger partial charge in [-0.2, -0.15) is 0 Å². The number of rotatable bonds is 7. The van der Waals surface area contributed by atoms with E-state index < -0.39 is 6.04 Å². The molecule has 2 rings (SSSR count). The van der Waals surface area contributed by atoms with Gasteiger partial charge in [0, 0.05) is 6.04 Å². The Morgan fingerprint density at radius 1 is 1.50 bits per heavy atom. The topological polar surface area (TPSA) is 47.6 Å². The molecule has 1 fully saturated rings. The number of aryl methyl sites for hydroxylation is 1. The van der Waals surface area contributed by atoms with Gasteiger partial charge in [-0.3, -0.25) is 10.1 Å². The molecule has 1 aliphatic rings. The number of benzene rings is 1. The Balaban J connectivity index is 1.96. The second-order valence-electron chi connectivity index (χ2n) is 4.94. The number of hydrogen-bond acceptors (Lipinski definition) is 4. The van der Waals surface area contributed by atoms with Gasteiger partial charge in [-0.05, 0) is 38.3 Å². The average molecular weight is 281 g/mol. The second-order valence-corrected chi connectivity index (χ2v) is 4.94. The fraction of sp³-hybridized carbons (Fsp3) is 0.533. The highest BCUT2D eigenvalue weighted by Gasteiger charge is 2.30. The zero-order valence-corrected chi connectivity index (χ0v) is 11.8. The summed E-state index contributed by atoms with van der Waals surface area (Å²) in [7, 11) is 0. The molecule has 0 saturated heterocycles. The molecule has 110 valence electrons. The monoisotopic (exact) mass is 281 g/mol. The van der Waals surface area contributed by atoms with Gasteiger partial charge in [0.2, 0.25) is 0 Å². The van der Waals surface area contributed by atoms with E-state index in [9.17, 15) is 9.18 Å². The van der Waals surface area contributed by atoms with Gasteiger partial charge in [0.05, 0.1) is 6.61 Å². The number of halogens is 1. The van der Waals surface area contributed by atoms with Crippen molar-refractivity contribution in [3.8, 4) is 5.75 Å². The molecule has 0 spiro atoms. The van der Waals surface area contributed by atoms with E-state index in [0.717, 1.165) is 12.8 Å². The van der Waals surface area contributed by atoms with Crippen LogP contribution in [0.1, 0.15) is 25.3 Å². The summed E-state index contributed by atoms with van der Waals surface area (Å²) in [6.07, 6.45) is 2.10. The molecule has 0 bridgehead atoms. The molecule has 0 aliphatic heterocycles. The van der Waals surface area contributed by atoms with E-state index in [1.807, 2.05) is 0 Å². The van der Waals surface area contributed by atoms with Gasteiger partial charge in [0.1, 0.15) is 12.6 Å². The summed E-state index contributed by atoms with van der Waals surface area (Å²) in [5.41, 5.74) is 0.519.